The van der Waals surface area contributed by atoms with Gasteiger partial charge in [0, 0.05) is 24.4 Å². The minimum atomic E-state index is -0.682. The molecule has 3 heterocycles. The number of amides is 1. The van der Waals surface area contributed by atoms with E-state index in [-0.39, 0.29) is 45.4 Å². The Bertz CT molecular complexity index is 1690. The van der Waals surface area contributed by atoms with Crippen LogP contribution in [0, 0.1) is 11.7 Å². The monoisotopic (exact) mass is 574 g/mol. The van der Waals surface area contributed by atoms with Gasteiger partial charge in [-0.1, -0.05) is 63.2 Å². The maximum Gasteiger partial charge on any atom is 0.354 e. The molecule has 7 nitrogen and oxygen atoms in total. The number of para-hydroxylation sites is 1. The number of carbonyl (C=O) groups is 1. The fourth-order valence-electron chi connectivity index (χ4n) is 5.93. The maximum atomic E-state index is 15.0. The average molecular weight is 575 g/mol. The van der Waals surface area contributed by atoms with Crippen LogP contribution in [0.15, 0.2) is 59.9 Å². The normalized spacial score (nSPS) is 17.1. The van der Waals surface area contributed by atoms with E-state index in [0.29, 0.717) is 49.1 Å². The van der Waals surface area contributed by atoms with E-state index in [1.807, 2.05) is 39.0 Å². The molecule has 4 aromatic rings. The third kappa shape index (κ3) is 5.01. The third-order valence-corrected chi connectivity index (χ3v) is 8.30. The zero-order valence-electron chi connectivity index (χ0n) is 23.3. The number of hydrogen-bond acceptors (Lipinski definition) is 5. The lowest BCUT2D eigenvalue weighted by atomic mass is 9.83. The Morgan fingerprint density at radius 2 is 1.85 bits per heavy atom. The topological polar surface area (TPSA) is 88.3 Å². The number of rotatable bonds is 6. The predicted octanol–water partition coefficient (Wildman–Crippen LogP) is 6.21. The van der Waals surface area contributed by atoms with E-state index in [1.54, 1.807) is 11.0 Å². The van der Waals surface area contributed by atoms with Gasteiger partial charge in [-0.2, -0.15) is 4.98 Å². The second-order valence-corrected chi connectivity index (χ2v) is 10.8. The summed E-state index contributed by atoms with van der Waals surface area (Å²) in [6.07, 6.45) is 3.23. The van der Waals surface area contributed by atoms with Crippen LogP contribution in [0.2, 0.25) is 5.02 Å². The molecule has 2 aromatic carbocycles. The highest BCUT2D eigenvalue weighted by Gasteiger charge is 2.33. The van der Waals surface area contributed by atoms with Gasteiger partial charge in [0.05, 0.1) is 27.7 Å². The van der Waals surface area contributed by atoms with Gasteiger partial charge in [-0.15, -0.1) is 0 Å². The molecule has 1 N–H and O–H groups in total. The van der Waals surface area contributed by atoms with Gasteiger partial charge in [-0.3, -0.25) is 4.79 Å². The molecule has 0 spiro atoms. The van der Waals surface area contributed by atoms with Crippen LogP contribution in [0.25, 0.3) is 28.0 Å². The molecule has 2 atom stereocenters. The van der Waals surface area contributed by atoms with Crippen LogP contribution in [-0.4, -0.2) is 43.5 Å². The summed E-state index contributed by atoms with van der Waals surface area (Å²) in [5, 5.41) is 11.3. The average Bonchev–Trinajstić information content (AvgIpc) is 2.96. The van der Waals surface area contributed by atoms with Crippen molar-refractivity contribution >= 4 is 28.5 Å². The number of nitrogens with zero attached hydrogens (tertiary/aromatic N) is 4. The molecule has 1 fully saturated rings. The number of phenols is 1. The van der Waals surface area contributed by atoms with Crippen LogP contribution in [0.5, 0.6) is 5.75 Å². The first kappa shape index (κ1) is 28.5. The number of carbonyl (C=O) groups excluding carboxylic acids is 1. The number of piperidine rings is 1. The van der Waals surface area contributed by atoms with Crippen molar-refractivity contribution in [2.45, 2.75) is 46.0 Å². The summed E-state index contributed by atoms with van der Waals surface area (Å²) in [4.78, 5) is 37.5. The minimum absolute atomic E-state index is 0.0122. The van der Waals surface area contributed by atoms with Crippen molar-refractivity contribution in [3.8, 4) is 22.7 Å². The molecule has 1 saturated heterocycles. The molecule has 1 unspecified atom stereocenters. The minimum Gasteiger partial charge on any atom is -0.507 e. The van der Waals surface area contributed by atoms with Crippen LogP contribution < -0.4 is 5.69 Å². The summed E-state index contributed by atoms with van der Waals surface area (Å²) in [5.41, 5.74) is 2.81. The van der Waals surface area contributed by atoms with Crippen molar-refractivity contribution in [3.05, 3.63) is 93.3 Å². The second kappa shape index (κ2) is 11.4. The Morgan fingerprint density at radius 3 is 2.46 bits per heavy atom. The lowest BCUT2D eigenvalue weighted by molar-refractivity contribution is -0.127. The molecule has 9 heteroatoms. The molecular weight excluding hydrogens is 543 g/mol. The fourth-order valence-corrected chi connectivity index (χ4v) is 6.18. The molecule has 0 bridgehead atoms. The van der Waals surface area contributed by atoms with Crippen LogP contribution in [0.3, 0.4) is 0 Å². The van der Waals surface area contributed by atoms with Crippen molar-refractivity contribution in [1.82, 2.24) is 19.4 Å². The lowest BCUT2D eigenvalue weighted by Crippen LogP contribution is -2.42. The van der Waals surface area contributed by atoms with Crippen LogP contribution in [0.4, 0.5) is 4.39 Å². The molecule has 0 saturated carbocycles. The number of pyridine rings is 1. The van der Waals surface area contributed by atoms with E-state index in [2.05, 4.69) is 11.6 Å². The Morgan fingerprint density at radius 1 is 1.17 bits per heavy atom. The summed E-state index contributed by atoms with van der Waals surface area (Å²) >= 11 is 6.75. The molecular formula is C32H32ClFN4O3. The smallest absolute Gasteiger partial charge is 0.354 e. The second-order valence-electron chi connectivity index (χ2n) is 10.4. The first-order valence-corrected chi connectivity index (χ1v) is 14.2. The number of halogens is 2. The van der Waals surface area contributed by atoms with Crippen LogP contribution in [-0.2, 0) is 17.6 Å². The number of fused-ring (bicyclic) bond motifs is 1. The van der Waals surface area contributed by atoms with Gasteiger partial charge in [0.25, 0.3) is 0 Å². The summed E-state index contributed by atoms with van der Waals surface area (Å²) in [6.45, 7) is 10.6. The zero-order chi connectivity index (χ0) is 29.4. The van der Waals surface area contributed by atoms with Gasteiger partial charge in [0.1, 0.15) is 11.6 Å². The van der Waals surface area contributed by atoms with Crippen LogP contribution >= 0.6 is 11.6 Å². The van der Waals surface area contributed by atoms with Crippen LogP contribution in [0.1, 0.15) is 49.9 Å². The molecule has 5 rings (SSSR count). The first-order valence-electron chi connectivity index (χ1n) is 13.8. The van der Waals surface area contributed by atoms with Gasteiger partial charge in [0.2, 0.25) is 5.91 Å². The maximum absolute atomic E-state index is 15.0. The molecule has 41 heavy (non-hydrogen) atoms. The van der Waals surface area contributed by atoms with Crippen molar-refractivity contribution in [2.24, 2.45) is 5.92 Å². The van der Waals surface area contributed by atoms with Crippen molar-refractivity contribution in [3.63, 3.8) is 0 Å². The fraction of sp³-hybridized carbons (Fsp3) is 0.312. The summed E-state index contributed by atoms with van der Waals surface area (Å²) in [5.74, 6) is -1.28. The van der Waals surface area contributed by atoms with E-state index in [9.17, 15) is 14.7 Å². The molecule has 2 aromatic heterocycles. The number of benzene rings is 2. The standard InChI is InChI=1S/C32H32ClFN4O3/c1-5-19-10-8-11-20(6-2)30(19)38-31-22(16-23(33)29(35-31)27-24(34)12-9-13-25(27)39)28(36-32(38)41)21-14-15-37(17-18(21)4)26(40)7-3/h7-13,16,18,21,39H,3,5-6,14-15,17H2,1-2,4H3/t18-,21?/m0/s1. The Balaban J connectivity index is 1.83. The predicted molar refractivity (Wildman–Crippen MR) is 159 cm³/mol. The number of aryl methyl sites for hydroxylation is 2. The number of aromatic hydroxyl groups is 1. The van der Waals surface area contributed by atoms with Crippen molar-refractivity contribution in [1.29, 1.82) is 0 Å². The van der Waals surface area contributed by atoms with E-state index in [1.165, 1.54) is 28.8 Å². The first-order chi connectivity index (χ1) is 19.7. The number of hydrogen-bond donors (Lipinski definition) is 1. The summed E-state index contributed by atoms with van der Waals surface area (Å²) in [6, 6.07) is 11.6. The van der Waals surface area contributed by atoms with Gasteiger partial charge in [-0.05, 0) is 60.6 Å². The van der Waals surface area contributed by atoms with E-state index >= 15 is 4.39 Å². The zero-order valence-corrected chi connectivity index (χ0v) is 24.1. The van der Waals surface area contributed by atoms with E-state index < -0.39 is 11.5 Å². The quantitative estimate of drug-likeness (QED) is 0.277. The van der Waals surface area contributed by atoms with Crippen molar-refractivity contribution in [2.75, 3.05) is 13.1 Å². The Hall–Kier alpha value is -4.04. The molecule has 0 aliphatic carbocycles. The van der Waals surface area contributed by atoms with Gasteiger partial charge >= 0.3 is 5.69 Å². The highest BCUT2D eigenvalue weighted by Crippen LogP contribution is 2.40. The summed E-state index contributed by atoms with van der Waals surface area (Å²) < 4.78 is 16.5. The van der Waals surface area contributed by atoms with E-state index in [0.717, 1.165) is 11.1 Å². The molecule has 1 aliphatic heterocycles. The molecule has 0 radical (unpaired) electrons. The molecule has 212 valence electrons. The van der Waals surface area contributed by atoms with Gasteiger partial charge in [0.15, 0.2) is 5.65 Å². The lowest BCUT2D eigenvalue weighted by Gasteiger charge is -2.36. The SMILES string of the molecule is C=CC(=O)N1CCC(c2nc(=O)n(-c3c(CC)cccc3CC)c3nc(-c4c(O)cccc4F)c(Cl)cc23)[C@@H](C)C1. The number of aromatic nitrogens is 3. The van der Waals surface area contributed by atoms with Gasteiger partial charge in [-0.25, -0.2) is 18.7 Å². The third-order valence-electron chi connectivity index (χ3n) is 8.01. The Labute approximate surface area is 242 Å². The van der Waals surface area contributed by atoms with Gasteiger partial charge < -0.3 is 10.0 Å². The molecule has 1 amide bonds. The molecule has 1 aliphatic rings. The largest absolute Gasteiger partial charge is 0.507 e. The number of likely N-dealkylation sites (tertiary alicyclic amines) is 1. The highest BCUT2D eigenvalue weighted by molar-refractivity contribution is 6.33. The Kier molecular flexibility index (Phi) is 7.95. The highest BCUT2D eigenvalue weighted by atomic mass is 35.5. The van der Waals surface area contributed by atoms with Crippen molar-refractivity contribution < 1.29 is 14.3 Å². The van der Waals surface area contributed by atoms with E-state index in [4.69, 9.17) is 16.6 Å². The number of phenolic OH excluding ortho intramolecular Hbond substituents is 1. The summed E-state index contributed by atoms with van der Waals surface area (Å²) in [7, 11) is 0.